The fourth-order valence-electron chi connectivity index (χ4n) is 0.905. The van der Waals surface area contributed by atoms with Crippen molar-refractivity contribution in [2.75, 3.05) is 18.1 Å². The van der Waals surface area contributed by atoms with Crippen molar-refractivity contribution in [3.05, 3.63) is 24.3 Å². The van der Waals surface area contributed by atoms with Gasteiger partial charge in [-0.3, -0.25) is 0 Å². The number of allylic oxidation sites excluding steroid dienone is 1. The topological polar surface area (TPSA) is 75.6 Å². The number of carbonyl (C=O) groups excluding carboxylic acids is 1. The van der Waals surface area contributed by atoms with Gasteiger partial charge in [0.1, 0.15) is 12.6 Å². The number of hydrogen-bond donors (Lipinski definition) is 2. The summed E-state index contributed by atoms with van der Waals surface area (Å²) in [6.45, 7) is 7.40. The zero-order valence-corrected chi connectivity index (χ0v) is 11.5. The zero-order chi connectivity index (χ0) is 14.0. The predicted octanol–water partition coefficient (Wildman–Crippen LogP) is 2.05. The van der Waals surface area contributed by atoms with E-state index < -0.39 is 18.1 Å². The van der Waals surface area contributed by atoms with Crippen molar-refractivity contribution >= 4 is 23.8 Å². The molecule has 18 heavy (non-hydrogen) atoms. The van der Waals surface area contributed by atoms with Crippen molar-refractivity contribution in [2.45, 2.75) is 19.9 Å². The second kappa shape index (κ2) is 9.58. The van der Waals surface area contributed by atoms with E-state index in [0.717, 1.165) is 5.75 Å². The van der Waals surface area contributed by atoms with E-state index in [1.807, 2.05) is 19.9 Å². The Kier molecular flexibility index (Phi) is 8.82. The summed E-state index contributed by atoms with van der Waals surface area (Å²) < 4.78 is 4.66. The second-order valence-corrected chi connectivity index (χ2v) is 4.82. The third-order valence-corrected chi connectivity index (χ3v) is 2.79. The van der Waals surface area contributed by atoms with Crippen LogP contribution in [0.25, 0.3) is 0 Å². The summed E-state index contributed by atoms with van der Waals surface area (Å²) >= 11 is 1.44. The van der Waals surface area contributed by atoms with Crippen LogP contribution < -0.4 is 5.32 Å². The summed E-state index contributed by atoms with van der Waals surface area (Å²) in [5, 5.41) is 11.2. The summed E-state index contributed by atoms with van der Waals surface area (Å²) in [4.78, 5) is 22.1. The lowest BCUT2D eigenvalue weighted by atomic mass is 10.3. The number of carboxylic acid groups (broad SMARTS) is 1. The van der Waals surface area contributed by atoms with Crippen LogP contribution in [0.2, 0.25) is 0 Å². The molecule has 102 valence electrons. The van der Waals surface area contributed by atoms with Crippen LogP contribution in [-0.4, -0.2) is 41.3 Å². The molecule has 5 nitrogen and oxygen atoms in total. The molecule has 0 aliphatic rings. The molecule has 0 aliphatic carbocycles. The van der Waals surface area contributed by atoms with E-state index in [9.17, 15) is 9.59 Å². The van der Waals surface area contributed by atoms with Gasteiger partial charge < -0.3 is 15.2 Å². The lowest BCUT2D eigenvalue weighted by Gasteiger charge is -2.13. The van der Waals surface area contributed by atoms with Gasteiger partial charge in [0, 0.05) is 11.5 Å². The number of hydrogen-bond acceptors (Lipinski definition) is 4. The van der Waals surface area contributed by atoms with Gasteiger partial charge in [0.15, 0.2) is 0 Å². The van der Waals surface area contributed by atoms with Crippen LogP contribution in [0.3, 0.4) is 0 Å². The average molecular weight is 273 g/mol. The summed E-state index contributed by atoms with van der Waals surface area (Å²) in [6.07, 6.45) is 2.67. The molecule has 0 radical (unpaired) electrons. The minimum Gasteiger partial charge on any atom is -0.480 e. The van der Waals surface area contributed by atoms with E-state index in [2.05, 4.69) is 16.6 Å². The van der Waals surface area contributed by atoms with Crippen LogP contribution in [0, 0.1) is 0 Å². The Labute approximate surface area is 111 Å². The maximum Gasteiger partial charge on any atom is 0.408 e. The van der Waals surface area contributed by atoms with Gasteiger partial charge in [-0.1, -0.05) is 24.3 Å². The van der Waals surface area contributed by atoms with Crippen molar-refractivity contribution in [1.82, 2.24) is 5.32 Å². The normalized spacial score (nSPS) is 11.2. The highest BCUT2D eigenvalue weighted by Crippen LogP contribution is 2.05. The van der Waals surface area contributed by atoms with Crippen molar-refractivity contribution < 1.29 is 19.4 Å². The average Bonchev–Trinajstić information content (AvgIpc) is 2.29. The van der Waals surface area contributed by atoms with Crippen LogP contribution in [0.5, 0.6) is 0 Å². The standard InChI is InChI=1S/C12H19NO4S/c1-4-6-17-12(16)13-10(11(14)15)8-18-7-5-9(2)3/h4-5,10H,1,6-8H2,2-3H3,(H,13,16)(H,14,15)/t10-/m0/s1. The van der Waals surface area contributed by atoms with Crippen LogP contribution in [0.15, 0.2) is 24.3 Å². The smallest absolute Gasteiger partial charge is 0.408 e. The Hall–Kier alpha value is -1.43. The summed E-state index contributed by atoms with van der Waals surface area (Å²) in [5.41, 5.74) is 1.17. The molecule has 0 aromatic carbocycles. The third-order valence-electron chi connectivity index (χ3n) is 1.82. The minimum atomic E-state index is -1.07. The molecular weight excluding hydrogens is 254 g/mol. The monoisotopic (exact) mass is 273 g/mol. The second-order valence-electron chi connectivity index (χ2n) is 3.74. The molecule has 0 saturated carbocycles. The van der Waals surface area contributed by atoms with Gasteiger partial charge in [0.25, 0.3) is 0 Å². The van der Waals surface area contributed by atoms with Gasteiger partial charge in [-0.15, -0.1) is 0 Å². The van der Waals surface area contributed by atoms with Gasteiger partial charge in [0.05, 0.1) is 0 Å². The van der Waals surface area contributed by atoms with Gasteiger partial charge in [0.2, 0.25) is 0 Å². The van der Waals surface area contributed by atoms with Crippen LogP contribution in [-0.2, 0) is 9.53 Å². The van der Waals surface area contributed by atoms with E-state index >= 15 is 0 Å². The first-order valence-electron chi connectivity index (χ1n) is 5.45. The number of rotatable bonds is 8. The molecule has 1 amide bonds. The molecule has 0 aromatic heterocycles. The maximum atomic E-state index is 11.2. The molecular formula is C12H19NO4S. The van der Waals surface area contributed by atoms with E-state index in [1.165, 1.54) is 23.4 Å². The largest absolute Gasteiger partial charge is 0.480 e. The first kappa shape index (κ1) is 16.6. The number of aliphatic carboxylic acids is 1. The number of ether oxygens (including phenoxy) is 1. The van der Waals surface area contributed by atoms with E-state index in [-0.39, 0.29) is 6.61 Å². The molecule has 0 saturated heterocycles. The molecule has 2 N–H and O–H groups in total. The number of alkyl carbamates (subject to hydrolysis) is 1. The van der Waals surface area contributed by atoms with Gasteiger partial charge >= 0.3 is 12.1 Å². The highest BCUT2D eigenvalue weighted by atomic mass is 32.2. The molecule has 0 aliphatic heterocycles. The molecule has 0 rings (SSSR count). The molecule has 1 atom stereocenters. The number of thioether (sulfide) groups is 1. The van der Waals surface area contributed by atoms with Crippen molar-refractivity contribution in [1.29, 1.82) is 0 Å². The number of nitrogens with one attached hydrogen (secondary N) is 1. The molecule has 0 unspecified atom stereocenters. The number of carbonyl (C=O) groups is 2. The first-order chi connectivity index (χ1) is 8.47. The molecule has 0 heterocycles. The van der Waals surface area contributed by atoms with E-state index in [0.29, 0.717) is 5.75 Å². The van der Waals surface area contributed by atoms with E-state index in [1.54, 1.807) is 0 Å². The van der Waals surface area contributed by atoms with Crippen LogP contribution >= 0.6 is 11.8 Å². The summed E-state index contributed by atoms with van der Waals surface area (Å²) in [5.74, 6) is -0.0621. The third kappa shape index (κ3) is 8.69. The predicted molar refractivity (Wildman–Crippen MR) is 72.9 cm³/mol. The lowest BCUT2D eigenvalue weighted by molar-refractivity contribution is -0.138. The Morgan fingerprint density at radius 3 is 2.67 bits per heavy atom. The Morgan fingerprint density at radius 2 is 2.17 bits per heavy atom. The first-order valence-corrected chi connectivity index (χ1v) is 6.61. The Balaban J connectivity index is 4.07. The fourth-order valence-corrected chi connectivity index (χ4v) is 1.95. The quantitative estimate of drug-likeness (QED) is 0.523. The van der Waals surface area contributed by atoms with Crippen LogP contribution in [0.1, 0.15) is 13.8 Å². The maximum absolute atomic E-state index is 11.2. The fraction of sp³-hybridized carbons (Fsp3) is 0.500. The highest BCUT2D eigenvalue weighted by molar-refractivity contribution is 7.99. The van der Waals surface area contributed by atoms with Gasteiger partial charge in [-0.2, -0.15) is 11.8 Å². The zero-order valence-electron chi connectivity index (χ0n) is 10.6. The lowest BCUT2D eigenvalue weighted by Crippen LogP contribution is -2.42. The molecule has 0 fully saturated rings. The van der Waals surface area contributed by atoms with E-state index in [4.69, 9.17) is 5.11 Å². The number of amides is 1. The molecule has 0 aromatic rings. The Bertz CT molecular complexity index is 324. The van der Waals surface area contributed by atoms with Crippen molar-refractivity contribution in [3.63, 3.8) is 0 Å². The van der Waals surface area contributed by atoms with Crippen molar-refractivity contribution in [3.8, 4) is 0 Å². The van der Waals surface area contributed by atoms with Gasteiger partial charge in [-0.05, 0) is 13.8 Å². The SMILES string of the molecule is C=CCOC(=O)N[C@@H](CSCC=C(C)C)C(=O)O. The Morgan fingerprint density at radius 1 is 1.50 bits per heavy atom. The van der Waals surface area contributed by atoms with Crippen molar-refractivity contribution in [2.24, 2.45) is 0 Å². The molecule has 6 heteroatoms. The number of carboxylic acids is 1. The van der Waals surface area contributed by atoms with Gasteiger partial charge in [-0.25, -0.2) is 9.59 Å². The summed E-state index contributed by atoms with van der Waals surface area (Å²) in [6, 6.07) is -0.946. The molecule has 0 bridgehead atoms. The molecule has 0 spiro atoms. The van der Waals surface area contributed by atoms with Crippen LogP contribution in [0.4, 0.5) is 4.79 Å². The minimum absolute atomic E-state index is 0.0586. The highest BCUT2D eigenvalue weighted by Gasteiger charge is 2.20. The summed E-state index contributed by atoms with van der Waals surface area (Å²) in [7, 11) is 0.